The minimum atomic E-state index is -0.0392. The Labute approximate surface area is 274 Å². The third-order valence-electron chi connectivity index (χ3n) is 9.34. The summed E-state index contributed by atoms with van der Waals surface area (Å²) in [4.78, 5) is 42.5. The first-order valence-corrected chi connectivity index (χ1v) is 16.4. The number of piperazine rings is 1. The average molecular weight is 637 g/mol. The highest BCUT2D eigenvalue weighted by Crippen LogP contribution is 2.38. The summed E-state index contributed by atoms with van der Waals surface area (Å²) >= 11 is 0. The summed E-state index contributed by atoms with van der Waals surface area (Å²) in [6.45, 7) is 5.15. The third kappa shape index (κ3) is 6.15. The Morgan fingerprint density at radius 2 is 1.77 bits per heavy atom. The maximum Gasteiger partial charge on any atom is 0.274 e. The maximum absolute atomic E-state index is 13.7. The fourth-order valence-electron chi connectivity index (χ4n) is 6.70. The molecule has 2 saturated heterocycles. The van der Waals surface area contributed by atoms with E-state index in [9.17, 15) is 9.59 Å². The van der Waals surface area contributed by atoms with E-state index in [4.69, 9.17) is 19.2 Å². The molecule has 2 amide bonds. The summed E-state index contributed by atoms with van der Waals surface area (Å²) in [7, 11) is 3.24. The highest BCUT2D eigenvalue weighted by molar-refractivity contribution is 6.03. The number of imidazole rings is 1. The summed E-state index contributed by atoms with van der Waals surface area (Å²) in [6, 6.07) is 17.2. The van der Waals surface area contributed by atoms with Gasteiger partial charge in [0.25, 0.3) is 11.8 Å². The summed E-state index contributed by atoms with van der Waals surface area (Å²) < 4.78 is 19.0. The van der Waals surface area contributed by atoms with Crippen LogP contribution in [0.25, 0.3) is 16.9 Å². The lowest BCUT2D eigenvalue weighted by Gasteiger charge is -2.34. The molecule has 2 aromatic heterocycles. The van der Waals surface area contributed by atoms with Crippen LogP contribution in [0.5, 0.6) is 17.2 Å². The molecule has 2 fully saturated rings. The van der Waals surface area contributed by atoms with Crippen molar-refractivity contribution < 1.29 is 23.8 Å². The van der Waals surface area contributed by atoms with Crippen LogP contribution in [0.2, 0.25) is 0 Å². The number of amides is 2. The Hall–Kier alpha value is -4.90. The van der Waals surface area contributed by atoms with Gasteiger partial charge in [0.15, 0.2) is 17.2 Å². The van der Waals surface area contributed by atoms with Crippen LogP contribution in [0.1, 0.15) is 46.5 Å². The molecule has 2 aromatic carbocycles. The number of carbonyl (C=O) groups excluding carboxylic acids is 2. The fraction of sp³-hybridized carbons (Fsp3) is 0.389. The standard InChI is InChI=1S/C36H40N6O5/c1-45-27-12-10-25(11-13-27)34-38-33(30-9-3-4-15-42(30)34)36(44)40-19-17-39(18-20-40)14-5-6-21-47-32-23-29-28(22-31(32)46-2)35(43)41-16-7-8-26(41)24-37-29/h3-4,9-13,15,22-24,26H,5-8,14,16-21H2,1-2H3/t26-/m0/s1. The molecule has 11 heteroatoms. The molecule has 0 N–H and O–H groups in total. The van der Waals surface area contributed by atoms with Crippen molar-refractivity contribution in [3.05, 3.63) is 72.1 Å². The molecule has 0 bridgehead atoms. The van der Waals surface area contributed by atoms with Crippen molar-refractivity contribution in [3.63, 3.8) is 0 Å². The second-order valence-corrected chi connectivity index (χ2v) is 12.2. The van der Waals surface area contributed by atoms with Crippen LogP contribution in [0.15, 0.2) is 65.8 Å². The second kappa shape index (κ2) is 13.4. The van der Waals surface area contributed by atoms with Crippen molar-refractivity contribution in [1.82, 2.24) is 24.1 Å². The molecule has 0 spiro atoms. The molecule has 7 rings (SSSR count). The zero-order valence-electron chi connectivity index (χ0n) is 26.9. The first-order valence-electron chi connectivity index (χ1n) is 16.4. The number of hydrogen-bond acceptors (Lipinski definition) is 8. The average Bonchev–Trinajstić information content (AvgIpc) is 3.73. The number of ether oxygens (including phenoxy) is 3. The number of hydrogen-bond donors (Lipinski definition) is 0. The van der Waals surface area contributed by atoms with E-state index in [-0.39, 0.29) is 17.9 Å². The van der Waals surface area contributed by atoms with Crippen LogP contribution in [0.4, 0.5) is 5.69 Å². The molecule has 11 nitrogen and oxygen atoms in total. The Kier molecular flexibility index (Phi) is 8.80. The lowest BCUT2D eigenvalue weighted by Crippen LogP contribution is -2.49. The number of rotatable bonds is 10. The lowest BCUT2D eigenvalue weighted by atomic mass is 10.1. The van der Waals surface area contributed by atoms with Gasteiger partial charge >= 0.3 is 0 Å². The van der Waals surface area contributed by atoms with E-state index < -0.39 is 0 Å². The molecule has 5 heterocycles. The number of aromatic nitrogens is 2. The van der Waals surface area contributed by atoms with Crippen molar-refractivity contribution in [2.45, 2.75) is 31.7 Å². The monoisotopic (exact) mass is 636 g/mol. The number of benzene rings is 2. The van der Waals surface area contributed by atoms with Crippen molar-refractivity contribution >= 4 is 29.2 Å². The minimum absolute atomic E-state index is 0.00299. The van der Waals surface area contributed by atoms with Gasteiger partial charge in [-0.05, 0) is 74.7 Å². The number of carbonyl (C=O) groups is 2. The van der Waals surface area contributed by atoms with E-state index in [1.807, 2.05) is 75.1 Å². The number of methoxy groups -OCH3 is 2. The quantitative estimate of drug-likeness (QED) is 0.227. The van der Waals surface area contributed by atoms with Crippen molar-refractivity contribution in [2.24, 2.45) is 4.99 Å². The van der Waals surface area contributed by atoms with Gasteiger partial charge in [-0.3, -0.25) is 23.9 Å². The van der Waals surface area contributed by atoms with Gasteiger partial charge in [0.05, 0.1) is 43.6 Å². The molecule has 3 aliphatic rings. The predicted molar refractivity (Wildman–Crippen MR) is 179 cm³/mol. The van der Waals surface area contributed by atoms with Gasteiger partial charge in [0.1, 0.15) is 11.6 Å². The molecule has 244 valence electrons. The topological polar surface area (TPSA) is 101 Å². The molecule has 4 aromatic rings. The molecule has 0 saturated carbocycles. The van der Waals surface area contributed by atoms with Crippen LogP contribution in [0.3, 0.4) is 0 Å². The minimum Gasteiger partial charge on any atom is -0.497 e. The van der Waals surface area contributed by atoms with E-state index in [1.165, 1.54) is 0 Å². The number of fused-ring (bicyclic) bond motifs is 3. The molecule has 1 atom stereocenters. The molecule has 0 radical (unpaired) electrons. The SMILES string of the molecule is COc1ccc(-c2nc(C(=O)N3CCN(CCCCOc4cc5c(cc4OC)C(=O)N4CCC[C@H]4C=N5)CC3)c3ccccn23)cc1. The number of aliphatic imine (C=N–C) groups is 1. The predicted octanol–water partition coefficient (Wildman–Crippen LogP) is 4.96. The zero-order valence-corrected chi connectivity index (χ0v) is 26.9. The number of nitrogens with zero attached hydrogens (tertiary/aromatic N) is 6. The van der Waals surface area contributed by atoms with E-state index >= 15 is 0 Å². The molecular weight excluding hydrogens is 596 g/mol. The van der Waals surface area contributed by atoms with Crippen molar-refractivity contribution in [2.75, 3.05) is 60.1 Å². The number of unbranched alkanes of at least 4 members (excludes halogenated alkanes) is 1. The molecule has 0 aliphatic carbocycles. The third-order valence-corrected chi connectivity index (χ3v) is 9.34. The van der Waals surface area contributed by atoms with Gasteiger partial charge in [-0.1, -0.05) is 6.07 Å². The molecule has 0 unspecified atom stereocenters. The summed E-state index contributed by atoms with van der Waals surface area (Å²) in [6.07, 6.45) is 7.61. The van der Waals surface area contributed by atoms with Gasteiger partial charge in [0.2, 0.25) is 0 Å². The van der Waals surface area contributed by atoms with Gasteiger partial charge in [-0.25, -0.2) is 4.98 Å². The Balaban J connectivity index is 0.913. The Morgan fingerprint density at radius 1 is 0.936 bits per heavy atom. The van der Waals surface area contributed by atoms with E-state index in [2.05, 4.69) is 9.89 Å². The van der Waals surface area contributed by atoms with Crippen LogP contribution in [-0.2, 0) is 0 Å². The largest absolute Gasteiger partial charge is 0.497 e. The van der Waals surface area contributed by atoms with Crippen molar-refractivity contribution in [1.29, 1.82) is 0 Å². The van der Waals surface area contributed by atoms with Gasteiger partial charge in [0, 0.05) is 56.8 Å². The van der Waals surface area contributed by atoms with Crippen LogP contribution < -0.4 is 14.2 Å². The van der Waals surface area contributed by atoms with E-state index in [1.54, 1.807) is 20.3 Å². The normalized spacial score (nSPS) is 17.8. The lowest BCUT2D eigenvalue weighted by molar-refractivity contribution is 0.0630. The summed E-state index contributed by atoms with van der Waals surface area (Å²) in [5.41, 5.74) is 3.39. The Bertz CT molecular complexity index is 1790. The van der Waals surface area contributed by atoms with Gasteiger partial charge in [-0.15, -0.1) is 0 Å². The van der Waals surface area contributed by atoms with Crippen LogP contribution in [0, 0.1) is 0 Å². The zero-order chi connectivity index (χ0) is 32.3. The molecule has 47 heavy (non-hydrogen) atoms. The highest BCUT2D eigenvalue weighted by atomic mass is 16.5. The highest BCUT2D eigenvalue weighted by Gasteiger charge is 2.32. The van der Waals surface area contributed by atoms with Gasteiger partial charge in [-0.2, -0.15) is 0 Å². The summed E-state index contributed by atoms with van der Waals surface area (Å²) in [5, 5.41) is 0. The van der Waals surface area contributed by atoms with Crippen molar-refractivity contribution in [3.8, 4) is 28.6 Å². The summed E-state index contributed by atoms with van der Waals surface area (Å²) in [5.74, 6) is 2.62. The molecule has 3 aliphatic heterocycles. The second-order valence-electron chi connectivity index (χ2n) is 12.2. The maximum atomic E-state index is 13.7. The van der Waals surface area contributed by atoms with E-state index in [0.29, 0.717) is 48.1 Å². The molecular formula is C36H40N6O5. The smallest absolute Gasteiger partial charge is 0.274 e. The number of pyridine rings is 1. The van der Waals surface area contributed by atoms with Crippen LogP contribution >= 0.6 is 0 Å². The first kappa shape index (κ1) is 30.7. The fourth-order valence-corrected chi connectivity index (χ4v) is 6.70. The van der Waals surface area contributed by atoms with E-state index in [0.717, 1.165) is 74.5 Å². The van der Waals surface area contributed by atoms with Gasteiger partial charge < -0.3 is 24.0 Å². The first-order chi connectivity index (χ1) is 23.0. The Morgan fingerprint density at radius 3 is 2.55 bits per heavy atom. The van der Waals surface area contributed by atoms with Crippen LogP contribution in [-0.4, -0.2) is 108 Å².